The minimum absolute atomic E-state index is 0.224. The SMILES string of the molecule is CCn1c(=O)n(CC(=O)N2CCN(c3cccc(Cl)c3)CC2)c(=O)c2ccccc21. The number of hydrogen-bond donors (Lipinski definition) is 0. The van der Waals surface area contributed by atoms with Gasteiger partial charge in [-0.25, -0.2) is 4.79 Å². The highest BCUT2D eigenvalue weighted by Gasteiger charge is 2.23. The minimum Gasteiger partial charge on any atom is -0.368 e. The highest BCUT2D eigenvalue weighted by molar-refractivity contribution is 6.30. The van der Waals surface area contributed by atoms with E-state index in [0.29, 0.717) is 48.6 Å². The van der Waals surface area contributed by atoms with Crippen LogP contribution in [0.4, 0.5) is 5.69 Å². The van der Waals surface area contributed by atoms with Crippen molar-refractivity contribution >= 4 is 34.1 Å². The second kappa shape index (κ2) is 8.36. The van der Waals surface area contributed by atoms with E-state index >= 15 is 0 Å². The largest absolute Gasteiger partial charge is 0.368 e. The smallest absolute Gasteiger partial charge is 0.331 e. The van der Waals surface area contributed by atoms with Gasteiger partial charge in [-0.2, -0.15) is 0 Å². The number of carbonyl (C=O) groups excluding carboxylic acids is 1. The van der Waals surface area contributed by atoms with Crippen LogP contribution < -0.4 is 16.1 Å². The molecule has 0 spiro atoms. The van der Waals surface area contributed by atoms with Gasteiger partial charge in [-0.3, -0.25) is 18.7 Å². The average Bonchev–Trinajstić information content (AvgIpc) is 2.77. The third kappa shape index (κ3) is 3.73. The molecule has 30 heavy (non-hydrogen) atoms. The van der Waals surface area contributed by atoms with Crippen LogP contribution >= 0.6 is 11.6 Å². The fraction of sp³-hybridized carbons (Fsp3) is 0.318. The second-order valence-corrected chi connectivity index (χ2v) is 7.72. The number of benzene rings is 2. The number of rotatable bonds is 4. The number of anilines is 1. The van der Waals surface area contributed by atoms with Gasteiger partial charge >= 0.3 is 5.69 Å². The van der Waals surface area contributed by atoms with Crippen LogP contribution in [0.5, 0.6) is 0 Å². The van der Waals surface area contributed by atoms with Crippen LogP contribution in [0.1, 0.15) is 6.92 Å². The Balaban J connectivity index is 1.53. The molecule has 0 N–H and O–H groups in total. The topological polar surface area (TPSA) is 67.6 Å². The Morgan fingerprint density at radius 1 is 0.967 bits per heavy atom. The monoisotopic (exact) mass is 426 g/mol. The van der Waals surface area contributed by atoms with Crippen molar-refractivity contribution in [3.63, 3.8) is 0 Å². The molecule has 0 radical (unpaired) electrons. The normalized spacial score (nSPS) is 14.3. The van der Waals surface area contributed by atoms with Gasteiger partial charge in [0.2, 0.25) is 5.91 Å². The summed E-state index contributed by atoms with van der Waals surface area (Å²) in [6.45, 7) is 4.40. The van der Waals surface area contributed by atoms with Crippen LogP contribution in [0.2, 0.25) is 5.02 Å². The number of nitrogens with zero attached hydrogens (tertiary/aromatic N) is 4. The molecule has 1 fully saturated rings. The first-order valence-electron chi connectivity index (χ1n) is 10.00. The Morgan fingerprint density at radius 2 is 1.70 bits per heavy atom. The van der Waals surface area contributed by atoms with E-state index in [1.54, 1.807) is 29.2 Å². The van der Waals surface area contributed by atoms with Gasteiger partial charge in [0.05, 0.1) is 10.9 Å². The minimum atomic E-state index is -0.452. The maximum absolute atomic E-state index is 12.9. The summed E-state index contributed by atoms with van der Waals surface area (Å²) in [5.74, 6) is -0.224. The van der Waals surface area contributed by atoms with E-state index in [2.05, 4.69) is 4.90 Å². The molecule has 8 heteroatoms. The fourth-order valence-corrected chi connectivity index (χ4v) is 4.12. The summed E-state index contributed by atoms with van der Waals surface area (Å²) < 4.78 is 2.58. The van der Waals surface area contributed by atoms with Crippen molar-refractivity contribution in [1.82, 2.24) is 14.0 Å². The molecule has 1 saturated heterocycles. The molecule has 1 aliphatic heterocycles. The third-order valence-electron chi connectivity index (χ3n) is 5.55. The number of aromatic nitrogens is 2. The highest BCUT2D eigenvalue weighted by atomic mass is 35.5. The van der Waals surface area contributed by atoms with E-state index < -0.39 is 11.2 Å². The van der Waals surface area contributed by atoms with Gasteiger partial charge in [0.15, 0.2) is 0 Å². The summed E-state index contributed by atoms with van der Waals surface area (Å²) in [6.07, 6.45) is 0. The van der Waals surface area contributed by atoms with Crippen molar-refractivity contribution in [2.24, 2.45) is 0 Å². The van der Waals surface area contributed by atoms with Crippen molar-refractivity contribution in [3.8, 4) is 0 Å². The van der Waals surface area contributed by atoms with Crippen LogP contribution in [0, 0.1) is 0 Å². The van der Waals surface area contributed by atoms with Crippen LogP contribution in [-0.4, -0.2) is 46.1 Å². The van der Waals surface area contributed by atoms with E-state index in [1.807, 2.05) is 31.2 Å². The van der Waals surface area contributed by atoms with Crippen LogP contribution in [0.25, 0.3) is 10.9 Å². The first-order valence-corrected chi connectivity index (χ1v) is 10.4. The van der Waals surface area contributed by atoms with Gasteiger partial charge in [0.25, 0.3) is 5.56 Å². The van der Waals surface area contributed by atoms with E-state index in [1.165, 1.54) is 4.57 Å². The van der Waals surface area contributed by atoms with Crippen molar-refractivity contribution in [2.45, 2.75) is 20.0 Å². The number of aryl methyl sites for hydroxylation is 1. The zero-order valence-electron chi connectivity index (χ0n) is 16.8. The molecule has 7 nitrogen and oxygen atoms in total. The first kappa shape index (κ1) is 20.2. The standard InChI is InChI=1S/C22H23ClN4O3/c1-2-26-19-9-4-3-8-18(19)21(29)27(22(26)30)15-20(28)25-12-10-24(11-13-25)17-7-5-6-16(23)14-17/h3-9,14H,2,10-13,15H2,1H3. The molecule has 156 valence electrons. The molecule has 0 atom stereocenters. The van der Waals surface area contributed by atoms with Gasteiger partial charge in [-0.05, 0) is 37.3 Å². The number of para-hydroxylation sites is 1. The number of hydrogen-bond acceptors (Lipinski definition) is 4. The second-order valence-electron chi connectivity index (χ2n) is 7.28. The van der Waals surface area contributed by atoms with E-state index in [0.717, 1.165) is 10.3 Å². The molecular formula is C22H23ClN4O3. The lowest BCUT2D eigenvalue weighted by molar-refractivity contribution is -0.132. The molecule has 1 aliphatic rings. The maximum Gasteiger partial charge on any atom is 0.331 e. The lowest BCUT2D eigenvalue weighted by Crippen LogP contribution is -2.51. The average molecular weight is 427 g/mol. The zero-order valence-corrected chi connectivity index (χ0v) is 17.5. The zero-order chi connectivity index (χ0) is 21.3. The summed E-state index contributed by atoms with van der Waals surface area (Å²) in [5.41, 5.74) is 0.735. The van der Waals surface area contributed by atoms with E-state index in [-0.39, 0.29) is 12.5 Å². The quantitative estimate of drug-likeness (QED) is 0.641. The predicted molar refractivity (Wildman–Crippen MR) is 118 cm³/mol. The van der Waals surface area contributed by atoms with Crippen molar-refractivity contribution < 1.29 is 4.79 Å². The number of carbonyl (C=O) groups is 1. The predicted octanol–water partition coefficient (Wildman–Crippen LogP) is 2.19. The molecule has 1 aromatic heterocycles. The van der Waals surface area contributed by atoms with Gasteiger partial charge in [-0.1, -0.05) is 29.8 Å². The maximum atomic E-state index is 12.9. The summed E-state index contributed by atoms with van der Waals surface area (Å²) in [5, 5.41) is 1.12. The number of halogens is 1. The Labute approximate surface area is 178 Å². The molecule has 0 unspecified atom stereocenters. The lowest BCUT2D eigenvalue weighted by atomic mass is 10.2. The van der Waals surface area contributed by atoms with Gasteiger partial charge in [-0.15, -0.1) is 0 Å². The molecule has 2 aromatic carbocycles. The molecular weight excluding hydrogens is 404 g/mol. The van der Waals surface area contributed by atoms with E-state index in [4.69, 9.17) is 11.6 Å². The highest BCUT2D eigenvalue weighted by Crippen LogP contribution is 2.20. The Hall–Kier alpha value is -3.06. The molecule has 2 heterocycles. The molecule has 1 amide bonds. The fourth-order valence-electron chi connectivity index (χ4n) is 3.94. The molecule has 0 aliphatic carbocycles. The van der Waals surface area contributed by atoms with Crippen molar-refractivity contribution in [2.75, 3.05) is 31.1 Å². The Bertz CT molecular complexity index is 1210. The van der Waals surface area contributed by atoms with Crippen LogP contribution in [0.3, 0.4) is 0 Å². The number of amides is 1. The molecule has 4 rings (SSSR count). The Kier molecular flexibility index (Phi) is 5.63. The molecule has 3 aromatic rings. The number of piperazine rings is 1. The molecule has 0 saturated carbocycles. The van der Waals surface area contributed by atoms with Gasteiger partial charge in [0.1, 0.15) is 6.54 Å². The first-order chi connectivity index (χ1) is 14.5. The summed E-state index contributed by atoms with van der Waals surface area (Å²) in [4.78, 5) is 42.5. The summed E-state index contributed by atoms with van der Waals surface area (Å²) in [6, 6.07) is 14.6. The van der Waals surface area contributed by atoms with Gasteiger partial charge < -0.3 is 9.80 Å². The molecule has 0 bridgehead atoms. The van der Waals surface area contributed by atoms with Crippen LogP contribution in [-0.2, 0) is 17.9 Å². The lowest BCUT2D eigenvalue weighted by Gasteiger charge is -2.36. The van der Waals surface area contributed by atoms with Crippen molar-refractivity contribution in [3.05, 3.63) is 74.4 Å². The van der Waals surface area contributed by atoms with E-state index in [9.17, 15) is 14.4 Å². The van der Waals surface area contributed by atoms with Gasteiger partial charge in [0, 0.05) is 43.4 Å². The summed E-state index contributed by atoms with van der Waals surface area (Å²) in [7, 11) is 0. The van der Waals surface area contributed by atoms with Crippen LogP contribution in [0.15, 0.2) is 58.1 Å². The summed E-state index contributed by atoms with van der Waals surface area (Å²) >= 11 is 6.07. The third-order valence-corrected chi connectivity index (χ3v) is 5.78. The van der Waals surface area contributed by atoms with Crippen molar-refractivity contribution in [1.29, 1.82) is 0 Å². The Morgan fingerprint density at radius 3 is 2.40 bits per heavy atom. The number of fused-ring (bicyclic) bond motifs is 1.